The van der Waals surface area contributed by atoms with E-state index >= 15 is 0 Å². The number of nitrogens with one attached hydrogen (secondary N) is 1. The number of benzene rings is 1. The molecule has 18 heavy (non-hydrogen) atoms. The second-order valence-corrected chi connectivity index (χ2v) is 4.12. The van der Waals surface area contributed by atoms with Gasteiger partial charge in [0.2, 0.25) is 0 Å². The molecule has 0 unspecified atom stereocenters. The third-order valence-corrected chi connectivity index (χ3v) is 2.57. The highest BCUT2D eigenvalue weighted by Gasteiger charge is 2.03. The molecule has 0 saturated carbocycles. The highest BCUT2D eigenvalue weighted by Crippen LogP contribution is 2.15. The number of unbranched alkanes of at least 4 members (excludes halogenated alkanes) is 1. The lowest BCUT2D eigenvalue weighted by Crippen LogP contribution is -2.26. The minimum Gasteiger partial charge on any atom is -0.449 e. The molecule has 0 saturated heterocycles. The summed E-state index contributed by atoms with van der Waals surface area (Å²) in [5.41, 5.74) is 13.7. The van der Waals surface area contributed by atoms with E-state index in [9.17, 15) is 4.79 Å². The molecule has 0 aromatic heterocycles. The second kappa shape index (κ2) is 7.42. The maximum absolute atomic E-state index is 11.3. The lowest BCUT2D eigenvalue weighted by atomic mass is 10.1. The van der Waals surface area contributed by atoms with Crippen molar-refractivity contribution in [1.29, 1.82) is 0 Å². The topological polar surface area (TPSA) is 90.4 Å². The van der Waals surface area contributed by atoms with Gasteiger partial charge < -0.3 is 21.5 Å². The van der Waals surface area contributed by atoms with Gasteiger partial charge in [-0.2, -0.15) is 0 Å². The van der Waals surface area contributed by atoms with Crippen LogP contribution in [0.15, 0.2) is 18.2 Å². The van der Waals surface area contributed by atoms with Crippen LogP contribution in [0.1, 0.15) is 25.3 Å². The van der Waals surface area contributed by atoms with Crippen molar-refractivity contribution in [3.8, 4) is 0 Å². The van der Waals surface area contributed by atoms with Gasteiger partial charge in [-0.25, -0.2) is 4.79 Å². The number of carbonyl (C=O) groups excluding carboxylic acids is 1. The van der Waals surface area contributed by atoms with Crippen molar-refractivity contribution in [3.63, 3.8) is 0 Å². The van der Waals surface area contributed by atoms with E-state index in [1.54, 1.807) is 18.2 Å². The molecule has 100 valence electrons. The van der Waals surface area contributed by atoms with Gasteiger partial charge in [-0.15, -0.1) is 0 Å². The van der Waals surface area contributed by atoms with Crippen LogP contribution >= 0.6 is 0 Å². The Morgan fingerprint density at radius 3 is 2.89 bits per heavy atom. The Balaban J connectivity index is 2.28. The predicted molar refractivity (Wildman–Crippen MR) is 73.2 cm³/mol. The van der Waals surface area contributed by atoms with Crippen LogP contribution in [0.4, 0.5) is 16.2 Å². The average Bonchev–Trinajstić information content (AvgIpc) is 2.34. The molecule has 5 N–H and O–H groups in total. The van der Waals surface area contributed by atoms with E-state index in [1.165, 1.54) is 0 Å². The van der Waals surface area contributed by atoms with Gasteiger partial charge in [0, 0.05) is 24.3 Å². The summed E-state index contributed by atoms with van der Waals surface area (Å²) in [6.07, 6.45) is 2.18. The zero-order chi connectivity index (χ0) is 13.4. The normalized spacial score (nSPS) is 10.1. The predicted octanol–water partition coefficient (Wildman–Crippen LogP) is 1.92. The summed E-state index contributed by atoms with van der Waals surface area (Å²) in [5, 5.41) is 2.68. The van der Waals surface area contributed by atoms with Crippen molar-refractivity contribution in [1.82, 2.24) is 5.32 Å². The van der Waals surface area contributed by atoms with E-state index in [1.807, 2.05) is 0 Å². The summed E-state index contributed by atoms with van der Waals surface area (Å²) >= 11 is 0. The molecule has 0 bridgehead atoms. The number of carbonyl (C=O) groups is 1. The number of amides is 1. The van der Waals surface area contributed by atoms with Crippen LogP contribution in [0.3, 0.4) is 0 Å². The van der Waals surface area contributed by atoms with Crippen molar-refractivity contribution < 1.29 is 9.53 Å². The summed E-state index contributed by atoms with van der Waals surface area (Å²) < 4.78 is 5.04. The minimum absolute atomic E-state index is 0.297. The quantitative estimate of drug-likeness (QED) is 0.532. The van der Waals surface area contributed by atoms with Crippen LogP contribution in [0.2, 0.25) is 0 Å². The number of hydrogen-bond acceptors (Lipinski definition) is 4. The van der Waals surface area contributed by atoms with Gasteiger partial charge >= 0.3 is 6.09 Å². The molecule has 1 aromatic carbocycles. The Morgan fingerprint density at radius 2 is 2.17 bits per heavy atom. The molecular weight excluding hydrogens is 230 g/mol. The SMILES string of the molecule is CCCCNC(=O)OCCc1cc(N)ccc1N. The van der Waals surface area contributed by atoms with E-state index < -0.39 is 0 Å². The van der Waals surface area contributed by atoms with E-state index in [4.69, 9.17) is 16.2 Å². The monoisotopic (exact) mass is 251 g/mol. The highest BCUT2D eigenvalue weighted by atomic mass is 16.5. The number of hydrogen-bond donors (Lipinski definition) is 3. The standard InChI is InChI=1S/C13H21N3O2/c1-2-3-7-16-13(17)18-8-6-10-9-11(14)4-5-12(10)15/h4-5,9H,2-3,6-8,14-15H2,1H3,(H,16,17). The molecule has 0 radical (unpaired) electrons. The Labute approximate surface area is 107 Å². The number of nitrogens with two attached hydrogens (primary N) is 2. The van der Waals surface area contributed by atoms with Crippen molar-refractivity contribution >= 4 is 17.5 Å². The first-order valence-corrected chi connectivity index (χ1v) is 6.18. The zero-order valence-electron chi connectivity index (χ0n) is 10.7. The molecule has 0 aliphatic heterocycles. The third kappa shape index (κ3) is 4.95. The average molecular weight is 251 g/mol. The number of nitrogen functional groups attached to an aromatic ring is 2. The lowest BCUT2D eigenvalue weighted by molar-refractivity contribution is 0.147. The number of alkyl carbamates (subject to hydrolysis) is 1. The van der Waals surface area contributed by atoms with Crippen molar-refractivity contribution in [2.75, 3.05) is 24.6 Å². The van der Waals surface area contributed by atoms with Gasteiger partial charge in [0.25, 0.3) is 0 Å². The van der Waals surface area contributed by atoms with Crippen molar-refractivity contribution in [3.05, 3.63) is 23.8 Å². The first-order valence-electron chi connectivity index (χ1n) is 6.18. The van der Waals surface area contributed by atoms with Gasteiger partial charge in [0.1, 0.15) is 0 Å². The van der Waals surface area contributed by atoms with Crippen molar-refractivity contribution in [2.45, 2.75) is 26.2 Å². The van der Waals surface area contributed by atoms with Crippen LogP contribution in [-0.2, 0) is 11.2 Å². The maximum Gasteiger partial charge on any atom is 0.407 e. The first-order chi connectivity index (χ1) is 8.63. The van der Waals surface area contributed by atoms with Gasteiger partial charge in [0.15, 0.2) is 0 Å². The minimum atomic E-state index is -0.383. The molecule has 1 rings (SSSR count). The fourth-order valence-electron chi connectivity index (χ4n) is 1.51. The summed E-state index contributed by atoms with van der Waals surface area (Å²) in [7, 11) is 0. The van der Waals surface area contributed by atoms with Gasteiger partial charge in [0.05, 0.1) is 6.61 Å². The summed E-state index contributed by atoms with van der Waals surface area (Å²) in [6, 6.07) is 5.30. The molecule has 5 heteroatoms. The van der Waals surface area contributed by atoms with E-state index in [-0.39, 0.29) is 6.09 Å². The third-order valence-electron chi connectivity index (χ3n) is 2.57. The molecule has 5 nitrogen and oxygen atoms in total. The van der Waals surface area contributed by atoms with E-state index in [0.717, 1.165) is 18.4 Å². The fraction of sp³-hybridized carbons (Fsp3) is 0.462. The number of ether oxygens (including phenoxy) is 1. The van der Waals surface area contributed by atoms with Gasteiger partial charge in [-0.3, -0.25) is 0 Å². The van der Waals surface area contributed by atoms with Crippen LogP contribution in [0.25, 0.3) is 0 Å². The smallest absolute Gasteiger partial charge is 0.407 e. The Bertz CT molecular complexity index is 394. The molecule has 1 aromatic rings. The van der Waals surface area contributed by atoms with Crippen LogP contribution < -0.4 is 16.8 Å². The largest absolute Gasteiger partial charge is 0.449 e. The van der Waals surface area contributed by atoms with Gasteiger partial charge in [-0.05, 0) is 30.2 Å². The van der Waals surface area contributed by atoms with Gasteiger partial charge in [-0.1, -0.05) is 13.3 Å². The molecule has 0 fully saturated rings. The highest BCUT2D eigenvalue weighted by molar-refractivity contribution is 5.67. The van der Waals surface area contributed by atoms with Crippen molar-refractivity contribution in [2.24, 2.45) is 0 Å². The number of anilines is 2. The molecule has 0 aliphatic rings. The molecule has 0 spiro atoms. The first kappa shape index (κ1) is 14.2. The van der Waals surface area contributed by atoms with Crippen LogP contribution in [-0.4, -0.2) is 19.2 Å². The molecule has 1 amide bonds. The zero-order valence-corrected chi connectivity index (χ0v) is 10.7. The fourth-order valence-corrected chi connectivity index (χ4v) is 1.51. The summed E-state index contributed by atoms with van der Waals surface area (Å²) in [4.78, 5) is 11.3. The molecular formula is C13H21N3O2. The number of rotatable bonds is 6. The maximum atomic E-state index is 11.3. The van der Waals surface area contributed by atoms with E-state index in [2.05, 4.69) is 12.2 Å². The second-order valence-electron chi connectivity index (χ2n) is 4.12. The molecule has 0 atom stereocenters. The van der Waals surface area contributed by atoms with Crippen LogP contribution in [0, 0.1) is 0 Å². The lowest BCUT2D eigenvalue weighted by Gasteiger charge is -2.08. The summed E-state index contributed by atoms with van der Waals surface area (Å²) in [6.45, 7) is 3.01. The Hall–Kier alpha value is -1.91. The van der Waals surface area contributed by atoms with Crippen LogP contribution in [0.5, 0.6) is 0 Å². The molecule has 0 aliphatic carbocycles. The molecule has 0 heterocycles. The Kier molecular flexibility index (Phi) is 5.84. The van der Waals surface area contributed by atoms with E-state index in [0.29, 0.717) is 30.9 Å². The Morgan fingerprint density at radius 1 is 1.39 bits per heavy atom. The summed E-state index contributed by atoms with van der Waals surface area (Å²) in [5.74, 6) is 0.